The Kier molecular flexibility index (Phi) is 4.73. The molecule has 1 aliphatic carbocycles. The molecule has 2 aromatic rings. The number of amides is 1. The maximum Gasteiger partial charge on any atom is 0.275 e. The van der Waals surface area contributed by atoms with Gasteiger partial charge in [-0.3, -0.25) is 4.79 Å². The molecule has 3 rings (SSSR count). The van der Waals surface area contributed by atoms with E-state index in [1.165, 1.54) is 11.3 Å². The lowest BCUT2D eigenvalue weighted by Crippen LogP contribution is -2.41. The fourth-order valence-corrected chi connectivity index (χ4v) is 4.00. The summed E-state index contributed by atoms with van der Waals surface area (Å²) in [7, 11) is 1.56. The fraction of sp³-hybridized carbons (Fsp3) is 0.588. The quantitative estimate of drug-likeness (QED) is 0.887. The Labute approximate surface area is 145 Å². The molecule has 7 heteroatoms. The normalized spacial score (nSPS) is 21.7. The van der Waals surface area contributed by atoms with Gasteiger partial charge >= 0.3 is 0 Å². The molecule has 2 heterocycles. The number of aliphatic hydroxyl groups is 1. The lowest BCUT2D eigenvalue weighted by molar-refractivity contribution is -0.00257. The van der Waals surface area contributed by atoms with E-state index in [-0.39, 0.29) is 11.9 Å². The second kappa shape index (κ2) is 6.64. The second-order valence-corrected chi connectivity index (χ2v) is 7.90. The van der Waals surface area contributed by atoms with Crippen LogP contribution in [-0.2, 0) is 0 Å². The number of rotatable bonds is 4. The molecule has 0 unspecified atom stereocenters. The molecule has 0 bridgehead atoms. The largest absolute Gasteiger partial charge is 0.473 e. The number of fused-ring (bicyclic) bond motifs is 1. The van der Waals surface area contributed by atoms with Gasteiger partial charge in [0.15, 0.2) is 5.65 Å². The van der Waals surface area contributed by atoms with Gasteiger partial charge in [-0.1, -0.05) is 11.3 Å². The van der Waals surface area contributed by atoms with E-state index in [4.69, 9.17) is 4.74 Å². The van der Waals surface area contributed by atoms with Crippen LogP contribution in [-0.4, -0.2) is 39.7 Å². The minimum absolute atomic E-state index is 0.108. The first kappa shape index (κ1) is 17.1. The second-order valence-electron chi connectivity index (χ2n) is 6.91. The van der Waals surface area contributed by atoms with Gasteiger partial charge in [-0.15, -0.1) is 0 Å². The van der Waals surface area contributed by atoms with E-state index in [1.807, 2.05) is 13.8 Å². The van der Waals surface area contributed by atoms with Gasteiger partial charge in [-0.2, -0.15) is 4.98 Å². The minimum atomic E-state index is -0.644. The zero-order valence-electron chi connectivity index (χ0n) is 14.2. The van der Waals surface area contributed by atoms with Crippen LogP contribution in [0.15, 0.2) is 12.3 Å². The highest BCUT2D eigenvalue weighted by Crippen LogP contribution is 2.32. The van der Waals surface area contributed by atoms with Crippen molar-refractivity contribution in [2.45, 2.75) is 51.2 Å². The number of carbonyl (C=O) groups excluding carboxylic acids is 1. The van der Waals surface area contributed by atoms with Gasteiger partial charge < -0.3 is 15.2 Å². The third-order valence-electron chi connectivity index (χ3n) is 4.73. The third-order valence-corrected chi connectivity index (χ3v) is 5.68. The average molecular weight is 349 g/mol. The molecule has 2 aromatic heterocycles. The van der Waals surface area contributed by atoms with E-state index in [1.54, 1.807) is 19.4 Å². The van der Waals surface area contributed by atoms with Crippen molar-refractivity contribution in [1.29, 1.82) is 0 Å². The first-order valence-corrected chi connectivity index (χ1v) is 9.02. The summed E-state index contributed by atoms with van der Waals surface area (Å²) < 4.78 is 5.94. The van der Waals surface area contributed by atoms with E-state index in [0.29, 0.717) is 22.3 Å². The molecule has 1 aliphatic rings. The SMILES string of the molecule is COc1nc2ncc(C(=O)N[C@H]3CC[C@H](C(C)(C)O)CC3)cc2s1. The summed E-state index contributed by atoms with van der Waals surface area (Å²) in [6, 6.07) is 1.96. The van der Waals surface area contributed by atoms with Gasteiger partial charge in [-0.05, 0) is 51.5 Å². The van der Waals surface area contributed by atoms with Crippen LogP contribution in [0.4, 0.5) is 0 Å². The number of pyridine rings is 1. The number of hydrogen-bond acceptors (Lipinski definition) is 6. The predicted octanol–water partition coefficient (Wildman–Crippen LogP) is 2.76. The van der Waals surface area contributed by atoms with Crippen LogP contribution in [0, 0.1) is 5.92 Å². The zero-order valence-corrected chi connectivity index (χ0v) is 15.0. The smallest absolute Gasteiger partial charge is 0.275 e. The zero-order chi connectivity index (χ0) is 17.3. The fourth-order valence-electron chi connectivity index (χ4n) is 3.22. The molecular formula is C17H23N3O3S. The number of carbonyl (C=O) groups is 1. The number of thiazole rings is 1. The van der Waals surface area contributed by atoms with Gasteiger partial charge in [0.05, 0.1) is 23.0 Å². The summed E-state index contributed by atoms with van der Waals surface area (Å²) in [6.45, 7) is 3.72. The Morgan fingerprint density at radius 3 is 2.71 bits per heavy atom. The molecule has 0 spiro atoms. The molecule has 0 aliphatic heterocycles. The lowest BCUT2D eigenvalue weighted by atomic mass is 9.77. The van der Waals surface area contributed by atoms with Crippen molar-refractivity contribution in [1.82, 2.24) is 15.3 Å². The first-order chi connectivity index (χ1) is 11.4. The Hall–Kier alpha value is -1.73. The van der Waals surface area contributed by atoms with E-state index >= 15 is 0 Å². The molecule has 2 N–H and O–H groups in total. The van der Waals surface area contributed by atoms with Crippen LogP contribution < -0.4 is 10.1 Å². The molecule has 1 fully saturated rings. The third kappa shape index (κ3) is 3.67. The van der Waals surface area contributed by atoms with E-state index in [2.05, 4.69) is 15.3 Å². The molecule has 130 valence electrons. The van der Waals surface area contributed by atoms with Crippen LogP contribution in [0.25, 0.3) is 10.3 Å². The minimum Gasteiger partial charge on any atom is -0.473 e. The number of aromatic nitrogens is 2. The van der Waals surface area contributed by atoms with Crippen LogP contribution in [0.1, 0.15) is 49.9 Å². The monoisotopic (exact) mass is 349 g/mol. The van der Waals surface area contributed by atoms with Crippen LogP contribution in [0.5, 0.6) is 5.19 Å². The Bertz CT molecular complexity index is 730. The molecule has 0 radical (unpaired) electrons. The van der Waals surface area contributed by atoms with E-state index < -0.39 is 5.60 Å². The highest BCUT2D eigenvalue weighted by molar-refractivity contribution is 7.20. The summed E-state index contributed by atoms with van der Waals surface area (Å²) in [5.41, 5.74) is 0.493. The van der Waals surface area contributed by atoms with Crippen LogP contribution >= 0.6 is 11.3 Å². The van der Waals surface area contributed by atoms with Crippen molar-refractivity contribution < 1.29 is 14.6 Å². The molecule has 0 saturated heterocycles. The number of nitrogens with zero attached hydrogens (tertiary/aromatic N) is 2. The average Bonchev–Trinajstić information content (AvgIpc) is 2.96. The topological polar surface area (TPSA) is 84.3 Å². The highest BCUT2D eigenvalue weighted by atomic mass is 32.1. The number of hydrogen-bond donors (Lipinski definition) is 2. The Morgan fingerprint density at radius 1 is 1.38 bits per heavy atom. The molecule has 6 nitrogen and oxygen atoms in total. The summed E-state index contributed by atoms with van der Waals surface area (Å²) in [6.07, 6.45) is 5.20. The van der Waals surface area contributed by atoms with Crippen molar-refractivity contribution >= 4 is 27.6 Å². The Morgan fingerprint density at radius 2 is 2.08 bits per heavy atom. The summed E-state index contributed by atoms with van der Waals surface area (Å²) >= 11 is 1.37. The molecule has 0 aromatic carbocycles. The van der Waals surface area contributed by atoms with Gasteiger partial charge in [0.2, 0.25) is 0 Å². The molecule has 24 heavy (non-hydrogen) atoms. The van der Waals surface area contributed by atoms with Crippen molar-refractivity contribution in [2.75, 3.05) is 7.11 Å². The van der Waals surface area contributed by atoms with Crippen LogP contribution in [0.3, 0.4) is 0 Å². The summed E-state index contributed by atoms with van der Waals surface area (Å²) in [5.74, 6) is 0.191. The molecular weight excluding hydrogens is 326 g/mol. The predicted molar refractivity (Wildman–Crippen MR) is 93.5 cm³/mol. The van der Waals surface area contributed by atoms with Crippen molar-refractivity contribution in [3.8, 4) is 5.19 Å². The standard InChI is InChI=1S/C17H23N3O3S/c1-17(2,22)11-4-6-12(7-5-11)19-15(21)10-8-13-14(18-9-10)20-16(23-3)24-13/h8-9,11-12,22H,4-7H2,1-3H3,(H,19,21)/t11-,12-. The van der Waals surface area contributed by atoms with E-state index in [0.717, 1.165) is 30.4 Å². The highest BCUT2D eigenvalue weighted by Gasteiger charge is 2.31. The van der Waals surface area contributed by atoms with Gasteiger partial charge in [-0.25, -0.2) is 4.98 Å². The number of methoxy groups -OCH3 is 1. The first-order valence-electron chi connectivity index (χ1n) is 8.20. The number of ether oxygens (including phenoxy) is 1. The van der Waals surface area contributed by atoms with Gasteiger partial charge in [0.25, 0.3) is 11.1 Å². The maximum absolute atomic E-state index is 12.5. The summed E-state index contributed by atoms with van der Waals surface area (Å²) in [5, 5.41) is 13.7. The van der Waals surface area contributed by atoms with Gasteiger partial charge in [0, 0.05) is 12.2 Å². The maximum atomic E-state index is 12.5. The van der Waals surface area contributed by atoms with Crippen molar-refractivity contribution in [3.05, 3.63) is 17.8 Å². The summed E-state index contributed by atoms with van der Waals surface area (Å²) in [4.78, 5) is 20.9. The number of nitrogens with one attached hydrogen (secondary N) is 1. The molecule has 1 amide bonds. The molecule has 1 saturated carbocycles. The van der Waals surface area contributed by atoms with Crippen molar-refractivity contribution in [2.24, 2.45) is 5.92 Å². The van der Waals surface area contributed by atoms with E-state index in [9.17, 15) is 9.90 Å². The van der Waals surface area contributed by atoms with Gasteiger partial charge in [0.1, 0.15) is 0 Å². The van der Waals surface area contributed by atoms with Crippen LogP contribution in [0.2, 0.25) is 0 Å². The lowest BCUT2D eigenvalue weighted by Gasteiger charge is -2.36. The molecule has 0 atom stereocenters. The Balaban J connectivity index is 1.63. The van der Waals surface area contributed by atoms with Crippen molar-refractivity contribution in [3.63, 3.8) is 0 Å².